The summed E-state index contributed by atoms with van der Waals surface area (Å²) in [5.74, 6) is 0.0341. The number of rotatable bonds is 3. The van der Waals surface area contributed by atoms with Crippen LogP contribution in [0.1, 0.15) is 15.9 Å². The number of hydrogen-bond donors (Lipinski definition) is 0. The summed E-state index contributed by atoms with van der Waals surface area (Å²) >= 11 is 0. The van der Waals surface area contributed by atoms with Crippen LogP contribution in [-0.2, 0) is 0 Å². The molecule has 0 radical (unpaired) electrons. The molecule has 0 aliphatic rings. The van der Waals surface area contributed by atoms with Crippen LogP contribution in [0.3, 0.4) is 0 Å². The van der Waals surface area contributed by atoms with Gasteiger partial charge in [-0.3, -0.25) is 4.79 Å². The quantitative estimate of drug-likeness (QED) is 0.262. The van der Waals surface area contributed by atoms with E-state index in [-0.39, 0.29) is 5.78 Å². The lowest BCUT2D eigenvalue weighted by Gasteiger charge is -2.09. The molecule has 0 atom stereocenters. The number of allylic oxidation sites excluding steroid dienone is 1. The van der Waals surface area contributed by atoms with Crippen molar-refractivity contribution < 1.29 is 4.79 Å². The van der Waals surface area contributed by atoms with Crippen LogP contribution in [-0.4, -0.2) is 5.78 Å². The third-order valence-corrected chi connectivity index (χ3v) is 4.24. The van der Waals surface area contributed by atoms with Gasteiger partial charge in [-0.05, 0) is 39.3 Å². The summed E-state index contributed by atoms with van der Waals surface area (Å²) in [7, 11) is 0. The molecule has 24 heavy (non-hydrogen) atoms. The van der Waals surface area contributed by atoms with Crippen LogP contribution in [0, 0.1) is 0 Å². The van der Waals surface area contributed by atoms with Crippen LogP contribution in [0.25, 0.3) is 27.6 Å². The largest absolute Gasteiger partial charge is 0.289 e. The third kappa shape index (κ3) is 2.61. The standard InChI is InChI=1S/C23H16O/c24-22(15-14-17-8-2-1-3-9-17)23-20-12-6-4-10-18(20)16-19-11-5-7-13-21(19)23/h1-16H/b15-14+. The molecule has 4 aromatic carbocycles. The van der Waals surface area contributed by atoms with E-state index in [1.807, 2.05) is 72.8 Å². The number of carbonyl (C=O) groups is 1. The van der Waals surface area contributed by atoms with Crippen molar-refractivity contribution in [1.82, 2.24) is 0 Å². The van der Waals surface area contributed by atoms with Gasteiger partial charge in [-0.25, -0.2) is 0 Å². The van der Waals surface area contributed by atoms with E-state index in [2.05, 4.69) is 18.2 Å². The minimum atomic E-state index is 0.0341. The molecule has 0 heterocycles. The third-order valence-electron chi connectivity index (χ3n) is 4.24. The Kier molecular flexibility index (Phi) is 3.68. The molecule has 114 valence electrons. The van der Waals surface area contributed by atoms with Gasteiger partial charge < -0.3 is 0 Å². The van der Waals surface area contributed by atoms with E-state index >= 15 is 0 Å². The maximum Gasteiger partial charge on any atom is 0.187 e. The van der Waals surface area contributed by atoms with Crippen LogP contribution >= 0.6 is 0 Å². The van der Waals surface area contributed by atoms with E-state index in [0.717, 1.165) is 32.7 Å². The van der Waals surface area contributed by atoms with Gasteiger partial charge in [0.05, 0.1) is 0 Å². The first-order chi connectivity index (χ1) is 11.8. The molecule has 1 nitrogen and oxygen atoms in total. The number of benzene rings is 4. The normalized spacial score (nSPS) is 11.3. The zero-order valence-electron chi connectivity index (χ0n) is 13.1. The van der Waals surface area contributed by atoms with Gasteiger partial charge in [-0.15, -0.1) is 0 Å². The lowest BCUT2D eigenvalue weighted by Crippen LogP contribution is -1.98. The van der Waals surface area contributed by atoms with Gasteiger partial charge in [0.2, 0.25) is 0 Å². The molecular formula is C23H16O. The average molecular weight is 308 g/mol. The highest BCUT2D eigenvalue weighted by Gasteiger charge is 2.12. The molecule has 0 bridgehead atoms. The summed E-state index contributed by atoms with van der Waals surface area (Å²) in [6, 6.07) is 28.2. The molecule has 0 unspecified atom stereocenters. The van der Waals surface area contributed by atoms with E-state index in [9.17, 15) is 4.79 Å². The van der Waals surface area contributed by atoms with Crippen molar-refractivity contribution in [3.8, 4) is 0 Å². The fraction of sp³-hybridized carbons (Fsp3) is 0. The van der Waals surface area contributed by atoms with E-state index in [1.54, 1.807) is 6.08 Å². The Balaban J connectivity index is 1.90. The van der Waals surface area contributed by atoms with E-state index < -0.39 is 0 Å². The summed E-state index contributed by atoms with van der Waals surface area (Å²) in [5, 5.41) is 4.18. The predicted molar refractivity (Wildman–Crippen MR) is 101 cm³/mol. The highest BCUT2D eigenvalue weighted by atomic mass is 16.1. The van der Waals surface area contributed by atoms with E-state index in [4.69, 9.17) is 0 Å². The highest BCUT2D eigenvalue weighted by Crippen LogP contribution is 2.29. The van der Waals surface area contributed by atoms with Crippen molar-refractivity contribution in [2.75, 3.05) is 0 Å². The zero-order chi connectivity index (χ0) is 16.4. The average Bonchev–Trinajstić information content (AvgIpc) is 2.65. The van der Waals surface area contributed by atoms with Gasteiger partial charge in [0, 0.05) is 5.56 Å². The van der Waals surface area contributed by atoms with Crippen LogP contribution in [0.4, 0.5) is 0 Å². The summed E-state index contributed by atoms with van der Waals surface area (Å²) in [5.41, 5.74) is 1.80. The summed E-state index contributed by atoms with van der Waals surface area (Å²) in [4.78, 5) is 13.0. The number of fused-ring (bicyclic) bond motifs is 2. The fourth-order valence-electron chi connectivity index (χ4n) is 3.10. The monoisotopic (exact) mass is 308 g/mol. The van der Waals surface area contributed by atoms with Crippen LogP contribution in [0.5, 0.6) is 0 Å². The lowest BCUT2D eigenvalue weighted by molar-refractivity contribution is 0.105. The molecule has 0 fully saturated rings. The van der Waals surface area contributed by atoms with Crippen molar-refractivity contribution >= 4 is 33.4 Å². The minimum absolute atomic E-state index is 0.0341. The molecule has 0 amide bonds. The Morgan fingerprint density at radius 1 is 0.667 bits per heavy atom. The first-order valence-electron chi connectivity index (χ1n) is 8.01. The molecule has 0 spiro atoms. The molecule has 0 N–H and O–H groups in total. The van der Waals surface area contributed by atoms with Crippen molar-refractivity contribution in [2.24, 2.45) is 0 Å². The summed E-state index contributed by atoms with van der Waals surface area (Å²) in [6.07, 6.45) is 3.54. The second-order valence-corrected chi connectivity index (χ2v) is 5.80. The smallest absolute Gasteiger partial charge is 0.187 e. The van der Waals surface area contributed by atoms with Gasteiger partial charge in [0.25, 0.3) is 0 Å². The summed E-state index contributed by atoms with van der Waals surface area (Å²) < 4.78 is 0. The van der Waals surface area contributed by atoms with Crippen LogP contribution in [0.15, 0.2) is 91.0 Å². The molecule has 0 aliphatic carbocycles. The van der Waals surface area contributed by atoms with Crippen molar-refractivity contribution in [3.63, 3.8) is 0 Å². The topological polar surface area (TPSA) is 17.1 Å². The number of hydrogen-bond acceptors (Lipinski definition) is 1. The van der Waals surface area contributed by atoms with Gasteiger partial charge in [0.1, 0.15) is 0 Å². The Labute approximate surface area is 140 Å². The fourth-order valence-corrected chi connectivity index (χ4v) is 3.10. The molecule has 0 saturated heterocycles. The molecule has 0 saturated carbocycles. The van der Waals surface area contributed by atoms with E-state index in [1.165, 1.54) is 0 Å². The van der Waals surface area contributed by atoms with Gasteiger partial charge >= 0.3 is 0 Å². The predicted octanol–water partition coefficient (Wildman–Crippen LogP) is 5.89. The molecule has 4 aromatic rings. The molecule has 0 aliphatic heterocycles. The Bertz CT molecular complexity index is 1010. The van der Waals surface area contributed by atoms with Crippen molar-refractivity contribution in [1.29, 1.82) is 0 Å². The Hall–Kier alpha value is -3.19. The molecule has 1 heteroatoms. The van der Waals surface area contributed by atoms with Gasteiger partial charge in [-0.2, -0.15) is 0 Å². The highest BCUT2D eigenvalue weighted by molar-refractivity contribution is 6.23. The van der Waals surface area contributed by atoms with Crippen molar-refractivity contribution in [2.45, 2.75) is 0 Å². The second kappa shape index (κ2) is 6.13. The molecular weight excluding hydrogens is 292 g/mol. The minimum Gasteiger partial charge on any atom is -0.289 e. The van der Waals surface area contributed by atoms with Gasteiger partial charge in [-0.1, -0.05) is 84.9 Å². The van der Waals surface area contributed by atoms with Crippen LogP contribution < -0.4 is 0 Å². The lowest BCUT2D eigenvalue weighted by atomic mass is 9.94. The maximum atomic E-state index is 13.0. The Morgan fingerprint density at radius 2 is 1.21 bits per heavy atom. The zero-order valence-corrected chi connectivity index (χ0v) is 13.1. The first-order valence-corrected chi connectivity index (χ1v) is 8.01. The number of carbonyl (C=O) groups excluding carboxylic acids is 1. The second-order valence-electron chi connectivity index (χ2n) is 5.80. The molecule has 4 rings (SSSR count). The van der Waals surface area contributed by atoms with E-state index in [0.29, 0.717) is 0 Å². The molecule has 0 aromatic heterocycles. The van der Waals surface area contributed by atoms with Crippen molar-refractivity contribution in [3.05, 3.63) is 102 Å². The number of ketones is 1. The SMILES string of the molecule is O=C(/C=C/c1ccccc1)c1c2ccccc2cc2ccccc12. The van der Waals surface area contributed by atoms with Gasteiger partial charge in [0.15, 0.2) is 5.78 Å². The maximum absolute atomic E-state index is 13.0. The Morgan fingerprint density at radius 3 is 1.83 bits per heavy atom. The summed E-state index contributed by atoms with van der Waals surface area (Å²) in [6.45, 7) is 0. The van der Waals surface area contributed by atoms with Crippen LogP contribution in [0.2, 0.25) is 0 Å². The first kappa shape index (κ1) is 14.4.